The lowest BCUT2D eigenvalue weighted by molar-refractivity contribution is -0.273. The molecule has 0 amide bonds. The third-order valence-electron chi connectivity index (χ3n) is 4.78. The Labute approximate surface area is 116 Å². The van der Waals surface area contributed by atoms with Crippen LogP contribution < -0.4 is 0 Å². The summed E-state index contributed by atoms with van der Waals surface area (Å²) in [6.45, 7) is 7.39. The third-order valence-corrected chi connectivity index (χ3v) is 4.78. The smallest absolute Gasteiger partial charge is 0.0720 e. The van der Waals surface area contributed by atoms with E-state index in [9.17, 15) is 0 Å². The molecule has 2 bridgehead atoms. The quantitative estimate of drug-likeness (QED) is 0.819. The standard InChI is InChI=1S/C17H24O2/c1-16(2)14-9-10-17(3,19-16)11-15(14)18-12-13-7-5-4-6-8-13/h4-8,14-15H,9-12H2,1-3H3/t14-,15-,17+/m0/s1. The van der Waals surface area contributed by atoms with E-state index in [-0.39, 0.29) is 11.2 Å². The minimum Gasteiger partial charge on any atom is -0.373 e. The lowest BCUT2D eigenvalue weighted by Gasteiger charge is -2.57. The van der Waals surface area contributed by atoms with Gasteiger partial charge in [0.15, 0.2) is 0 Å². The predicted octanol–water partition coefficient (Wildman–Crippen LogP) is 3.94. The summed E-state index contributed by atoms with van der Waals surface area (Å²) in [5.41, 5.74) is 1.22. The van der Waals surface area contributed by atoms with E-state index in [2.05, 4.69) is 45.0 Å². The van der Waals surface area contributed by atoms with E-state index >= 15 is 0 Å². The second-order valence-electron chi connectivity index (χ2n) is 6.84. The highest BCUT2D eigenvalue weighted by atomic mass is 16.5. The fraction of sp³-hybridized carbons (Fsp3) is 0.647. The number of benzene rings is 1. The van der Waals surface area contributed by atoms with Crippen LogP contribution in [0.3, 0.4) is 0 Å². The fourth-order valence-electron chi connectivity index (χ4n) is 3.87. The highest BCUT2D eigenvalue weighted by Gasteiger charge is 2.53. The highest BCUT2D eigenvalue weighted by molar-refractivity contribution is 5.13. The Morgan fingerprint density at radius 2 is 1.95 bits per heavy atom. The van der Waals surface area contributed by atoms with Crippen molar-refractivity contribution in [2.24, 2.45) is 5.92 Å². The monoisotopic (exact) mass is 260 g/mol. The largest absolute Gasteiger partial charge is 0.373 e. The van der Waals surface area contributed by atoms with Crippen molar-refractivity contribution < 1.29 is 9.47 Å². The maximum Gasteiger partial charge on any atom is 0.0720 e. The lowest BCUT2D eigenvalue weighted by atomic mass is 9.67. The van der Waals surface area contributed by atoms with Gasteiger partial charge in [-0.3, -0.25) is 0 Å². The van der Waals surface area contributed by atoms with E-state index in [1.54, 1.807) is 0 Å². The number of hydrogen-bond donors (Lipinski definition) is 0. The minimum atomic E-state index is -0.0490. The molecule has 0 aromatic heterocycles. The van der Waals surface area contributed by atoms with Crippen LogP contribution in [0.15, 0.2) is 30.3 Å². The summed E-state index contributed by atoms with van der Waals surface area (Å²) in [7, 11) is 0. The molecule has 4 rings (SSSR count). The molecule has 2 nitrogen and oxygen atoms in total. The predicted molar refractivity (Wildman–Crippen MR) is 75.9 cm³/mol. The van der Waals surface area contributed by atoms with Crippen LogP contribution in [0.1, 0.15) is 45.6 Å². The van der Waals surface area contributed by atoms with Crippen molar-refractivity contribution in [1.29, 1.82) is 0 Å². The molecule has 0 unspecified atom stereocenters. The second kappa shape index (κ2) is 4.60. The normalized spacial score (nSPS) is 36.4. The first-order valence-corrected chi connectivity index (χ1v) is 7.34. The van der Waals surface area contributed by atoms with E-state index in [0.29, 0.717) is 18.6 Å². The zero-order valence-corrected chi connectivity index (χ0v) is 12.2. The molecule has 2 saturated heterocycles. The van der Waals surface area contributed by atoms with Crippen molar-refractivity contribution in [2.75, 3.05) is 0 Å². The van der Waals surface area contributed by atoms with E-state index in [4.69, 9.17) is 9.47 Å². The SMILES string of the molecule is CC1(C)O[C@]2(C)CC[C@H]1[C@@H](OCc1ccccc1)C2. The van der Waals surface area contributed by atoms with Crippen molar-refractivity contribution in [1.82, 2.24) is 0 Å². The topological polar surface area (TPSA) is 18.5 Å². The van der Waals surface area contributed by atoms with Crippen molar-refractivity contribution >= 4 is 0 Å². The van der Waals surface area contributed by atoms with E-state index in [1.807, 2.05) is 6.07 Å². The summed E-state index contributed by atoms with van der Waals surface area (Å²) in [5.74, 6) is 0.526. The van der Waals surface area contributed by atoms with Crippen molar-refractivity contribution in [3.63, 3.8) is 0 Å². The number of hydrogen-bond acceptors (Lipinski definition) is 2. The molecule has 1 aromatic carbocycles. The van der Waals surface area contributed by atoms with Crippen LogP contribution in [0, 0.1) is 5.92 Å². The summed E-state index contributed by atoms with van der Waals surface area (Å²) in [4.78, 5) is 0. The molecular formula is C17H24O2. The van der Waals surface area contributed by atoms with Gasteiger partial charge in [-0.1, -0.05) is 30.3 Å². The van der Waals surface area contributed by atoms with Crippen molar-refractivity contribution in [3.05, 3.63) is 35.9 Å². The average Bonchev–Trinajstić information content (AvgIpc) is 2.35. The van der Waals surface area contributed by atoms with Gasteiger partial charge in [0.05, 0.1) is 23.9 Å². The Morgan fingerprint density at radius 1 is 1.21 bits per heavy atom. The molecule has 1 aromatic rings. The number of ether oxygens (including phenoxy) is 2. The van der Waals surface area contributed by atoms with Gasteiger partial charge in [0, 0.05) is 12.3 Å². The molecule has 1 aliphatic carbocycles. The van der Waals surface area contributed by atoms with Crippen LogP contribution in [0.4, 0.5) is 0 Å². The Kier molecular flexibility index (Phi) is 3.18. The Balaban J connectivity index is 1.69. The molecule has 0 radical (unpaired) electrons. The first kappa shape index (κ1) is 13.1. The molecule has 3 atom stereocenters. The Morgan fingerprint density at radius 3 is 2.58 bits per heavy atom. The highest BCUT2D eigenvalue weighted by Crippen LogP contribution is 2.50. The van der Waals surface area contributed by atoms with Gasteiger partial charge in [-0.15, -0.1) is 0 Å². The Hall–Kier alpha value is -0.860. The zero-order chi connectivity index (χ0) is 13.5. The minimum absolute atomic E-state index is 0.0135. The molecule has 2 heterocycles. The first-order chi connectivity index (χ1) is 8.99. The van der Waals surface area contributed by atoms with E-state index < -0.39 is 0 Å². The average molecular weight is 260 g/mol. The van der Waals surface area contributed by atoms with Crippen LogP contribution in [0.25, 0.3) is 0 Å². The van der Waals surface area contributed by atoms with Crippen LogP contribution >= 0.6 is 0 Å². The molecule has 0 spiro atoms. The van der Waals surface area contributed by atoms with Gasteiger partial charge in [-0.25, -0.2) is 0 Å². The van der Waals surface area contributed by atoms with Crippen molar-refractivity contribution in [3.8, 4) is 0 Å². The Bertz CT molecular complexity index is 437. The summed E-state index contributed by atoms with van der Waals surface area (Å²) in [6.07, 6.45) is 3.77. The number of rotatable bonds is 3. The summed E-state index contributed by atoms with van der Waals surface area (Å²) < 4.78 is 12.5. The molecule has 1 saturated carbocycles. The van der Waals surface area contributed by atoms with Gasteiger partial charge in [0.2, 0.25) is 0 Å². The van der Waals surface area contributed by atoms with Gasteiger partial charge in [-0.05, 0) is 39.2 Å². The van der Waals surface area contributed by atoms with E-state index in [0.717, 1.165) is 6.42 Å². The molecular weight excluding hydrogens is 236 g/mol. The molecule has 3 fully saturated rings. The van der Waals surface area contributed by atoms with Crippen molar-refractivity contribution in [2.45, 2.75) is 63.9 Å². The third kappa shape index (κ3) is 2.56. The fourth-order valence-corrected chi connectivity index (χ4v) is 3.87. The number of fused-ring (bicyclic) bond motifs is 3. The lowest BCUT2D eigenvalue weighted by Crippen LogP contribution is -2.60. The first-order valence-electron chi connectivity index (χ1n) is 7.34. The molecule has 2 heteroatoms. The maximum atomic E-state index is 6.26. The zero-order valence-electron chi connectivity index (χ0n) is 12.2. The molecule has 104 valence electrons. The van der Waals surface area contributed by atoms with Crippen LogP contribution in [-0.2, 0) is 16.1 Å². The van der Waals surface area contributed by atoms with Crippen LogP contribution in [0.2, 0.25) is 0 Å². The van der Waals surface area contributed by atoms with Gasteiger partial charge >= 0.3 is 0 Å². The maximum absolute atomic E-state index is 6.26. The van der Waals surface area contributed by atoms with Crippen LogP contribution in [0.5, 0.6) is 0 Å². The molecule has 3 aliphatic rings. The van der Waals surface area contributed by atoms with E-state index in [1.165, 1.54) is 18.4 Å². The second-order valence-corrected chi connectivity index (χ2v) is 6.84. The van der Waals surface area contributed by atoms with Gasteiger partial charge in [0.25, 0.3) is 0 Å². The van der Waals surface area contributed by atoms with Crippen LogP contribution in [-0.4, -0.2) is 17.3 Å². The van der Waals surface area contributed by atoms with Gasteiger partial charge in [0.1, 0.15) is 0 Å². The summed E-state index contributed by atoms with van der Waals surface area (Å²) in [6, 6.07) is 10.4. The van der Waals surface area contributed by atoms with Gasteiger partial charge in [-0.2, -0.15) is 0 Å². The molecule has 19 heavy (non-hydrogen) atoms. The summed E-state index contributed by atoms with van der Waals surface area (Å²) in [5, 5.41) is 0. The molecule has 2 aliphatic heterocycles. The van der Waals surface area contributed by atoms with Gasteiger partial charge < -0.3 is 9.47 Å². The molecule has 0 N–H and O–H groups in total. The summed E-state index contributed by atoms with van der Waals surface area (Å²) >= 11 is 0.